The average molecular weight is 586 g/mol. The number of anilines is 1. The standard InChI is InChI=1S/C36H43NO6/c1-20-13-26-28-17-31(43-34(42)23-6-4-5-22(15-23)14-21-7-9-24(37)10-8-21)33(30(41)19-38)36(28,3)18-29(40)32(26)35(2)12-11-25(39)16-27(20)35/h4-12,15-16,20,26,28-29,31-34,38,40,42H,13-14,17-19,37H2,1-3H3/t20-,26-,28-,29-,31+,32+,33-,34-,35-,36-/m0/s1. The summed E-state index contributed by atoms with van der Waals surface area (Å²) in [5.74, 6) is -0.804. The number of Topliss-reactive ketones (excluding diaryl/α,β-unsaturated/α-hetero) is 1. The number of fused-ring (bicyclic) bond motifs is 5. The zero-order valence-corrected chi connectivity index (χ0v) is 25.1. The maximum atomic E-state index is 13.4. The van der Waals surface area contributed by atoms with Crippen molar-refractivity contribution in [3.05, 3.63) is 89.0 Å². The molecule has 2 aromatic carbocycles. The summed E-state index contributed by atoms with van der Waals surface area (Å²) in [6, 6.07) is 15.3. The topological polar surface area (TPSA) is 130 Å². The molecule has 4 aliphatic rings. The number of nitrogens with two attached hydrogens (primary N) is 1. The molecule has 0 aromatic heterocycles. The molecule has 10 atom stereocenters. The number of hydrogen-bond donors (Lipinski definition) is 4. The molecule has 0 heterocycles. The van der Waals surface area contributed by atoms with E-state index in [9.17, 15) is 24.9 Å². The molecule has 3 saturated carbocycles. The van der Waals surface area contributed by atoms with E-state index in [0.717, 1.165) is 23.1 Å². The molecule has 0 aliphatic heterocycles. The number of nitrogen functional groups attached to an aromatic ring is 1. The van der Waals surface area contributed by atoms with Crippen LogP contribution in [0.15, 0.2) is 72.3 Å². The van der Waals surface area contributed by atoms with Gasteiger partial charge in [-0.25, -0.2) is 0 Å². The van der Waals surface area contributed by atoms with E-state index in [1.54, 1.807) is 12.2 Å². The molecule has 6 rings (SSSR count). The maximum absolute atomic E-state index is 13.4. The third-order valence-corrected chi connectivity index (χ3v) is 11.3. The van der Waals surface area contributed by atoms with Gasteiger partial charge in [-0.1, -0.05) is 68.8 Å². The molecule has 0 amide bonds. The molecule has 0 bridgehead atoms. The van der Waals surface area contributed by atoms with Crippen LogP contribution in [0.1, 0.15) is 63.0 Å². The second-order valence-corrected chi connectivity index (χ2v) is 13.9. The van der Waals surface area contributed by atoms with Crippen molar-refractivity contribution >= 4 is 17.3 Å². The monoisotopic (exact) mass is 585 g/mol. The van der Waals surface area contributed by atoms with Crippen LogP contribution in [0.2, 0.25) is 0 Å². The van der Waals surface area contributed by atoms with Crippen LogP contribution in [-0.2, 0) is 20.7 Å². The van der Waals surface area contributed by atoms with Gasteiger partial charge >= 0.3 is 0 Å². The third kappa shape index (κ3) is 5.10. The van der Waals surface area contributed by atoms with Gasteiger partial charge in [0.2, 0.25) is 0 Å². The first-order chi connectivity index (χ1) is 20.4. The van der Waals surface area contributed by atoms with Crippen molar-refractivity contribution in [3.63, 3.8) is 0 Å². The highest BCUT2D eigenvalue weighted by atomic mass is 16.6. The van der Waals surface area contributed by atoms with Crippen LogP contribution in [-0.4, -0.2) is 45.7 Å². The van der Waals surface area contributed by atoms with E-state index in [1.165, 1.54) is 0 Å². The minimum absolute atomic E-state index is 0.0117. The lowest BCUT2D eigenvalue weighted by Gasteiger charge is -2.60. The van der Waals surface area contributed by atoms with Gasteiger partial charge in [-0.15, -0.1) is 0 Å². The Hall–Kier alpha value is -3.10. The average Bonchev–Trinajstić information content (AvgIpc) is 3.26. The van der Waals surface area contributed by atoms with Crippen LogP contribution in [0.3, 0.4) is 0 Å². The Kier molecular flexibility index (Phi) is 7.74. The van der Waals surface area contributed by atoms with Gasteiger partial charge in [0.25, 0.3) is 0 Å². The number of rotatable bonds is 7. The molecule has 0 unspecified atom stereocenters. The Morgan fingerprint density at radius 1 is 1.12 bits per heavy atom. The van der Waals surface area contributed by atoms with Crippen molar-refractivity contribution in [2.45, 2.75) is 65.0 Å². The predicted molar refractivity (Wildman–Crippen MR) is 163 cm³/mol. The second-order valence-electron chi connectivity index (χ2n) is 13.9. The number of aliphatic hydroxyl groups is 3. The van der Waals surface area contributed by atoms with Gasteiger partial charge in [-0.05, 0) is 84.3 Å². The summed E-state index contributed by atoms with van der Waals surface area (Å²) < 4.78 is 6.35. The fourth-order valence-electron chi connectivity index (χ4n) is 9.52. The smallest absolute Gasteiger partial charge is 0.181 e. The summed E-state index contributed by atoms with van der Waals surface area (Å²) in [5, 5.41) is 33.1. The summed E-state index contributed by atoms with van der Waals surface area (Å²) in [7, 11) is 0. The van der Waals surface area contributed by atoms with Crippen molar-refractivity contribution in [3.8, 4) is 0 Å². The molecule has 7 heteroatoms. The van der Waals surface area contributed by atoms with Crippen LogP contribution >= 0.6 is 0 Å². The first-order valence-corrected chi connectivity index (χ1v) is 15.5. The summed E-state index contributed by atoms with van der Waals surface area (Å²) in [5.41, 5.74) is 9.27. The fourth-order valence-corrected chi connectivity index (χ4v) is 9.52. The number of ketones is 2. The summed E-state index contributed by atoms with van der Waals surface area (Å²) in [6.45, 7) is 5.71. The fraction of sp³-hybridized carbons (Fsp3) is 0.500. The summed E-state index contributed by atoms with van der Waals surface area (Å²) in [4.78, 5) is 25.7. The van der Waals surface area contributed by atoms with Crippen LogP contribution in [0, 0.1) is 40.4 Å². The van der Waals surface area contributed by atoms with Gasteiger partial charge in [0.05, 0.1) is 18.1 Å². The predicted octanol–water partition coefficient (Wildman–Crippen LogP) is 4.55. The van der Waals surface area contributed by atoms with Crippen molar-refractivity contribution in [2.75, 3.05) is 12.3 Å². The van der Waals surface area contributed by atoms with Gasteiger partial charge < -0.3 is 25.8 Å². The van der Waals surface area contributed by atoms with Crippen molar-refractivity contribution in [1.29, 1.82) is 0 Å². The molecular weight excluding hydrogens is 542 g/mol. The van der Waals surface area contributed by atoms with Gasteiger partial charge in [0, 0.05) is 22.6 Å². The highest BCUT2D eigenvalue weighted by molar-refractivity contribution is 6.01. The van der Waals surface area contributed by atoms with E-state index < -0.39 is 41.9 Å². The number of ether oxygens (including phenoxy) is 1. The molecular formula is C36H43NO6. The Bertz CT molecular complexity index is 1460. The third-order valence-electron chi connectivity index (χ3n) is 11.3. The number of hydrogen-bond acceptors (Lipinski definition) is 7. The second kappa shape index (κ2) is 11.1. The number of benzene rings is 2. The van der Waals surface area contributed by atoms with Crippen LogP contribution in [0.4, 0.5) is 5.69 Å². The molecule has 228 valence electrons. The zero-order chi connectivity index (χ0) is 30.7. The molecule has 0 saturated heterocycles. The highest BCUT2D eigenvalue weighted by Crippen LogP contribution is 2.67. The maximum Gasteiger partial charge on any atom is 0.181 e. The number of allylic oxidation sites excluding steroid dienone is 4. The lowest BCUT2D eigenvalue weighted by molar-refractivity contribution is -0.167. The highest BCUT2D eigenvalue weighted by Gasteiger charge is 2.66. The quantitative estimate of drug-likeness (QED) is 0.277. The summed E-state index contributed by atoms with van der Waals surface area (Å²) in [6.07, 6.45) is 5.20. The number of carbonyl (C=O) groups is 2. The van der Waals surface area contributed by atoms with Gasteiger partial charge in [-0.3, -0.25) is 9.59 Å². The number of aliphatic hydroxyl groups excluding tert-OH is 3. The van der Waals surface area contributed by atoms with E-state index in [-0.39, 0.29) is 35.2 Å². The minimum Gasteiger partial charge on any atom is -0.399 e. The van der Waals surface area contributed by atoms with Gasteiger partial charge in [-0.2, -0.15) is 0 Å². The normalized spacial score (nSPS) is 37.2. The Morgan fingerprint density at radius 3 is 2.58 bits per heavy atom. The first kappa shape index (κ1) is 29.9. The Labute approximate surface area is 253 Å². The minimum atomic E-state index is -1.25. The van der Waals surface area contributed by atoms with Crippen LogP contribution in [0.25, 0.3) is 0 Å². The van der Waals surface area contributed by atoms with E-state index in [1.807, 2.05) is 54.6 Å². The number of carbonyl (C=O) groups excluding carboxylic acids is 2. The van der Waals surface area contributed by atoms with Gasteiger partial charge in [0.15, 0.2) is 17.9 Å². The SMILES string of the molecule is C[C@H]1C[C@@H]2[C@H]([C@@H](O)C[C@@]3(C)[C@H]2C[C@@H](O[C@H](O)c2cccc(Cc4ccc(N)cc4)c2)[C@@H]3C(=O)CO)[C@@]2(C)C=CC(=O)C=C12. The van der Waals surface area contributed by atoms with Crippen molar-refractivity contribution in [2.24, 2.45) is 40.4 Å². The van der Waals surface area contributed by atoms with Crippen molar-refractivity contribution in [1.82, 2.24) is 0 Å². The molecule has 0 spiro atoms. The Morgan fingerprint density at radius 2 is 1.86 bits per heavy atom. The van der Waals surface area contributed by atoms with Crippen LogP contribution in [0.5, 0.6) is 0 Å². The Balaban J connectivity index is 1.28. The van der Waals surface area contributed by atoms with E-state index in [2.05, 4.69) is 20.8 Å². The van der Waals surface area contributed by atoms with Gasteiger partial charge in [0.1, 0.15) is 6.61 Å². The molecule has 0 radical (unpaired) electrons. The van der Waals surface area contributed by atoms with E-state index in [4.69, 9.17) is 10.5 Å². The first-order valence-electron chi connectivity index (χ1n) is 15.5. The van der Waals surface area contributed by atoms with E-state index >= 15 is 0 Å². The molecule has 2 aromatic rings. The lowest BCUT2D eigenvalue weighted by Crippen LogP contribution is -2.57. The zero-order valence-electron chi connectivity index (χ0n) is 25.1. The van der Waals surface area contributed by atoms with Crippen LogP contribution < -0.4 is 5.73 Å². The van der Waals surface area contributed by atoms with Crippen molar-refractivity contribution < 1.29 is 29.6 Å². The van der Waals surface area contributed by atoms with E-state index in [0.29, 0.717) is 30.5 Å². The molecule has 3 fully saturated rings. The molecule has 4 aliphatic carbocycles. The lowest BCUT2D eigenvalue weighted by atomic mass is 9.45. The molecule has 7 nitrogen and oxygen atoms in total. The largest absolute Gasteiger partial charge is 0.399 e. The molecule has 5 N–H and O–H groups in total. The summed E-state index contributed by atoms with van der Waals surface area (Å²) >= 11 is 0. The molecule has 43 heavy (non-hydrogen) atoms.